The van der Waals surface area contributed by atoms with E-state index in [1.165, 1.54) is 0 Å². The van der Waals surface area contributed by atoms with Gasteiger partial charge in [0, 0.05) is 11.3 Å². The highest BCUT2D eigenvalue weighted by molar-refractivity contribution is 5.89. The van der Waals surface area contributed by atoms with E-state index < -0.39 is 0 Å². The van der Waals surface area contributed by atoms with E-state index in [-0.39, 0.29) is 18.3 Å². The minimum atomic E-state index is 0.0185. The molecule has 0 atom stereocenters. The highest BCUT2D eigenvalue weighted by Crippen LogP contribution is 2.25. The van der Waals surface area contributed by atoms with E-state index in [1.807, 2.05) is 56.3 Å². The van der Waals surface area contributed by atoms with Gasteiger partial charge in [-0.05, 0) is 11.5 Å². The van der Waals surface area contributed by atoms with Crippen LogP contribution in [0.5, 0.6) is 5.75 Å². The third-order valence-corrected chi connectivity index (χ3v) is 2.76. The molecule has 0 fully saturated rings. The van der Waals surface area contributed by atoms with Gasteiger partial charge in [-0.1, -0.05) is 50.2 Å². The van der Waals surface area contributed by atoms with Crippen LogP contribution in [-0.4, -0.2) is 12.4 Å². The monoisotopic (exact) mass is 228 g/mol. The van der Waals surface area contributed by atoms with Crippen LogP contribution in [-0.2, 0) is 4.79 Å². The molecule has 0 unspecified atom stereocenters. The first-order valence-electron chi connectivity index (χ1n) is 5.82. The fraction of sp³-hybridized carbons (Fsp3) is 0.267. The SMILES string of the molecule is CC(C)C(=O)COc1cccc2ccccc12. The van der Waals surface area contributed by atoms with Crippen molar-refractivity contribution in [2.75, 3.05) is 6.61 Å². The molecule has 0 heterocycles. The maximum absolute atomic E-state index is 11.5. The summed E-state index contributed by atoms with van der Waals surface area (Å²) in [6, 6.07) is 13.9. The molecular formula is C15H16O2. The van der Waals surface area contributed by atoms with Gasteiger partial charge in [-0.3, -0.25) is 4.79 Å². The van der Waals surface area contributed by atoms with E-state index >= 15 is 0 Å². The lowest BCUT2D eigenvalue weighted by Crippen LogP contribution is -2.16. The van der Waals surface area contributed by atoms with Crippen LogP contribution in [0.3, 0.4) is 0 Å². The van der Waals surface area contributed by atoms with Crippen molar-refractivity contribution in [1.82, 2.24) is 0 Å². The molecule has 2 nitrogen and oxygen atoms in total. The predicted molar refractivity (Wildman–Crippen MR) is 69.3 cm³/mol. The second-order valence-electron chi connectivity index (χ2n) is 4.39. The number of rotatable bonds is 4. The standard InChI is InChI=1S/C15H16O2/c1-11(2)14(16)10-17-15-9-5-7-12-6-3-4-8-13(12)15/h3-9,11H,10H2,1-2H3. The van der Waals surface area contributed by atoms with Gasteiger partial charge in [-0.2, -0.15) is 0 Å². The van der Waals surface area contributed by atoms with Gasteiger partial charge in [0.2, 0.25) is 0 Å². The normalized spacial score (nSPS) is 10.8. The summed E-state index contributed by atoms with van der Waals surface area (Å²) >= 11 is 0. The van der Waals surface area contributed by atoms with E-state index in [4.69, 9.17) is 4.74 Å². The van der Waals surface area contributed by atoms with Gasteiger partial charge in [-0.15, -0.1) is 0 Å². The van der Waals surface area contributed by atoms with E-state index in [1.54, 1.807) is 0 Å². The minimum absolute atomic E-state index is 0.0185. The molecule has 0 radical (unpaired) electrons. The Morgan fingerprint density at radius 1 is 1.12 bits per heavy atom. The summed E-state index contributed by atoms with van der Waals surface area (Å²) < 4.78 is 5.59. The lowest BCUT2D eigenvalue weighted by Gasteiger charge is -2.09. The molecule has 0 aliphatic rings. The number of hydrogen-bond donors (Lipinski definition) is 0. The Morgan fingerprint density at radius 3 is 2.59 bits per heavy atom. The molecule has 0 aliphatic heterocycles. The summed E-state index contributed by atoms with van der Waals surface area (Å²) in [5, 5.41) is 2.17. The van der Waals surface area contributed by atoms with E-state index in [9.17, 15) is 4.79 Å². The molecule has 0 saturated carbocycles. The van der Waals surface area contributed by atoms with Gasteiger partial charge in [0.05, 0.1) is 0 Å². The molecule has 2 aromatic carbocycles. The number of ketones is 1. The van der Waals surface area contributed by atoms with Gasteiger partial charge in [0.25, 0.3) is 0 Å². The first kappa shape index (κ1) is 11.6. The number of carbonyl (C=O) groups excluding carboxylic acids is 1. The number of carbonyl (C=O) groups is 1. The van der Waals surface area contributed by atoms with Crippen molar-refractivity contribution < 1.29 is 9.53 Å². The first-order valence-corrected chi connectivity index (χ1v) is 5.82. The number of ether oxygens (including phenoxy) is 1. The van der Waals surface area contributed by atoms with E-state index in [2.05, 4.69) is 0 Å². The second-order valence-corrected chi connectivity index (χ2v) is 4.39. The molecular weight excluding hydrogens is 212 g/mol. The Morgan fingerprint density at radius 2 is 1.82 bits per heavy atom. The second kappa shape index (κ2) is 5.00. The largest absolute Gasteiger partial charge is 0.485 e. The average Bonchev–Trinajstić information content (AvgIpc) is 2.35. The zero-order chi connectivity index (χ0) is 12.3. The molecule has 0 amide bonds. The van der Waals surface area contributed by atoms with Crippen LogP contribution in [0, 0.1) is 5.92 Å². The Bertz CT molecular complexity index is 524. The van der Waals surface area contributed by atoms with Crippen molar-refractivity contribution in [1.29, 1.82) is 0 Å². The van der Waals surface area contributed by atoms with Crippen molar-refractivity contribution in [2.45, 2.75) is 13.8 Å². The average molecular weight is 228 g/mol. The number of fused-ring (bicyclic) bond motifs is 1. The zero-order valence-corrected chi connectivity index (χ0v) is 10.1. The summed E-state index contributed by atoms with van der Waals surface area (Å²) in [6.45, 7) is 3.91. The summed E-state index contributed by atoms with van der Waals surface area (Å²) in [5.74, 6) is 0.917. The molecule has 0 spiro atoms. The molecule has 88 valence electrons. The molecule has 2 rings (SSSR count). The molecule has 0 aromatic heterocycles. The smallest absolute Gasteiger partial charge is 0.172 e. The molecule has 0 bridgehead atoms. The van der Waals surface area contributed by atoms with Crippen LogP contribution in [0.25, 0.3) is 10.8 Å². The lowest BCUT2D eigenvalue weighted by atomic mass is 10.1. The first-order chi connectivity index (χ1) is 8.18. The van der Waals surface area contributed by atoms with Crippen molar-refractivity contribution in [2.24, 2.45) is 5.92 Å². The highest BCUT2D eigenvalue weighted by Gasteiger charge is 2.09. The van der Waals surface area contributed by atoms with Gasteiger partial charge < -0.3 is 4.74 Å². The summed E-state index contributed by atoms with van der Waals surface area (Å²) in [4.78, 5) is 11.5. The van der Waals surface area contributed by atoms with Gasteiger partial charge in [0.1, 0.15) is 12.4 Å². The molecule has 2 aromatic rings. The van der Waals surface area contributed by atoms with Crippen LogP contribution < -0.4 is 4.74 Å². The van der Waals surface area contributed by atoms with Crippen LogP contribution in [0.1, 0.15) is 13.8 Å². The summed E-state index contributed by atoms with van der Waals surface area (Å²) in [7, 11) is 0. The van der Waals surface area contributed by atoms with Gasteiger partial charge in [0.15, 0.2) is 5.78 Å². The molecule has 0 saturated heterocycles. The Hall–Kier alpha value is -1.83. The number of benzene rings is 2. The van der Waals surface area contributed by atoms with Crippen LogP contribution >= 0.6 is 0 Å². The Labute approximate surface area is 101 Å². The Kier molecular flexibility index (Phi) is 3.43. The van der Waals surface area contributed by atoms with Crippen LogP contribution in [0.2, 0.25) is 0 Å². The maximum Gasteiger partial charge on any atom is 0.172 e. The topological polar surface area (TPSA) is 26.3 Å². The zero-order valence-electron chi connectivity index (χ0n) is 10.1. The van der Waals surface area contributed by atoms with Gasteiger partial charge in [-0.25, -0.2) is 0 Å². The lowest BCUT2D eigenvalue weighted by molar-refractivity contribution is -0.123. The molecule has 0 aliphatic carbocycles. The fourth-order valence-corrected chi connectivity index (χ4v) is 1.64. The fourth-order valence-electron chi connectivity index (χ4n) is 1.64. The number of Topliss-reactive ketones (excluding diaryl/α,β-unsaturated/α-hetero) is 1. The van der Waals surface area contributed by atoms with E-state index in [0.29, 0.717) is 0 Å². The van der Waals surface area contributed by atoms with Crippen molar-refractivity contribution >= 4 is 16.6 Å². The third-order valence-electron chi connectivity index (χ3n) is 2.76. The summed E-state index contributed by atoms with van der Waals surface area (Å²) in [5.41, 5.74) is 0. The maximum atomic E-state index is 11.5. The van der Waals surface area contributed by atoms with E-state index in [0.717, 1.165) is 16.5 Å². The summed E-state index contributed by atoms with van der Waals surface area (Å²) in [6.07, 6.45) is 0. The minimum Gasteiger partial charge on any atom is -0.485 e. The van der Waals surface area contributed by atoms with Crippen molar-refractivity contribution in [3.05, 3.63) is 42.5 Å². The third kappa shape index (κ3) is 2.64. The van der Waals surface area contributed by atoms with Gasteiger partial charge >= 0.3 is 0 Å². The Balaban J connectivity index is 2.21. The highest BCUT2D eigenvalue weighted by atomic mass is 16.5. The van der Waals surface area contributed by atoms with Crippen molar-refractivity contribution in [3.63, 3.8) is 0 Å². The number of hydrogen-bond acceptors (Lipinski definition) is 2. The van der Waals surface area contributed by atoms with Crippen LogP contribution in [0.15, 0.2) is 42.5 Å². The quantitative estimate of drug-likeness (QED) is 0.801. The molecule has 0 N–H and O–H groups in total. The predicted octanol–water partition coefficient (Wildman–Crippen LogP) is 3.44. The van der Waals surface area contributed by atoms with Crippen LogP contribution in [0.4, 0.5) is 0 Å². The van der Waals surface area contributed by atoms with Crippen molar-refractivity contribution in [3.8, 4) is 5.75 Å². The molecule has 2 heteroatoms. The molecule has 17 heavy (non-hydrogen) atoms.